The van der Waals surface area contributed by atoms with Gasteiger partial charge < -0.3 is 9.15 Å². The molecule has 0 atom stereocenters. The van der Waals surface area contributed by atoms with Gasteiger partial charge in [0.15, 0.2) is 5.58 Å². The minimum atomic E-state index is -0.227. The number of hydrogen-bond acceptors (Lipinski definition) is 6. The molecule has 1 amide bonds. The van der Waals surface area contributed by atoms with E-state index in [-0.39, 0.29) is 11.7 Å². The summed E-state index contributed by atoms with van der Waals surface area (Å²) in [5.74, 6) is 0.712. The van der Waals surface area contributed by atoms with Gasteiger partial charge in [-0.2, -0.15) is 5.10 Å². The molecule has 0 aliphatic rings. The number of rotatable bonds is 8. The van der Waals surface area contributed by atoms with Crippen LogP contribution >= 0.6 is 11.8 Å². The number of amides is 1. The molecule has 0 saturated heterocycles. The first-order chi connectivity index (χ1) is 15.2. The lowest BCUT2D eigenvalue weighted by Gasteiger charge is -2.07. The van der Waals surface area contributed by atoms with E-state index in [2.05, 4.69) is 15.5 Å². The molecular weight excluding hydrogens is 410 g/mol. The van der Waals surface area contributed by atoms with Gasteiger partial charge in [0.1, 0.15) is 17.9 Å². The normalized spacial score (nSPS) is 11.5. The lowest BCUT2D eigenvalue weighted by atomic mass is 10.1. The number of aromatic nitrogens is 1. The fraction of sp³-hybridized carbons (Fsp3) is 0.125. The number of thioether (sulfide) groups is 1. The van der Waals surface area contributed by atoms with Crippen LogP contribution in [0.5, 0.6) is 5.75 Å². The lowest BCUT2D eigenvalue weighted by molar-refractivity contribution is -0.118. The first-order valence-electron chi connectivity index (χ1n) is 9.76. The van der Waals surface area contributed by atoms with Gasteiger partial charge in [-0.25, -0.2) is 10.4 Å². The molecule has 1 heterocycles. The number of hydrogen-bond donors (Lipinski definition) is 1. The van der Waals surface area contributed by atoms with Crippen LogP contribution in [0.3, 0.4) is 0 Å². The first kappa shape index (κ1) is 20.7. The van der Waals surface area contributed by atoms with E-state index in [4.69, 9.17) is 9.15 Å². The van der Waals surface area contributed by atoms with Gasteiger partial charge in [-0.3, -0.25) is 4.79 Å². The number of benzene rings is 3. The van der Waals surface area contributed by atoms with E-state index >= 15 is 0 Å². The van der Waals surface area contributed by atoms with Crippen LogP contribution in [0.4, 0.5) is 0 Å². The molecule has 31 heavy (non-hydrogen) atoms. The summed E-state index contributed by atoms with van der Waals surface area (Å²) in [6.07, 6.45) is 0. The Balaban J connectivity index is 1.26. The van der Waals surface area contributed by atoms with Crippen LogP contribution in [0.25, 0.3) is 11.1 Å². The number of nitrogens with one attached hydrogen (secondary N) is 1. The van der Waals surface area contributed by atoms with E-state index in [0.29, 0.717) is 23.1 Å². The van der Waals surface area contributed by atoms with Gasteiger partial charge in [0.2, 0.25) is 0 Å². The average Bonchev–Trinajstić information content (AvgIpc) is 3.24. The molecule has 0 aliphatic carbocycles. The van der Waals surface area contributed by atoms with E-state index in [0.717, 1.165) is 22.4 Å². The van der Waals surface area contributed by atoms with Gasteiger partial charge in [-0.15, -0.1) is 0 Å². The quantitative estimate of drug-likeness (QED) is 0.240. The molecule has 4 rings (SSSR count). The fourth-order valence-corrected chi connectivity index (χ4v) is 3.45. The molecule has 0 spiro atoms. The third-order valence-corrected chi connectivity index (χ3v) is 5.30. The van der Waals surface area contributed by atoms with Crippen molar-refractivity contribution in [2.24, 2.45) is 5.10 Å². The highest BCUT2D eigenvalue weighted by Gasteiger charge is 2.09. The smallest absolute Gasteiger partial charge is 0.257 e. The topological polar surface area (TPSA) is 76.7 Å². The summed E-state index contributed by atoms with van der Waals surface area (Å²) in [4.78, 5) is 16.5. The third-order valence-electron chi connectivity index (χ3n) is 4.47. The molecule has 0 radical (unpaired) electrons. The summed E-state index contributed by atoms with van der Waals surface area (Å²) in [5, 5.41) is 4.65. The fourth-order valence-electron chi connectivity index (χ4n) is 2.82. The van der Waals surface area contributed by atoms with Crippen LogP contribution < -0.4 is 10.2 Å². The van der Waals surface area contributed by atoms with Gasteiger partial charge in [-0.1, -0.05) is 54.2 Å². The minimum absolute atomic E-state index is 0.163. The number of hydrazone groups is 1. The van der Waals surface area contributed by atoms with Crippen molar-refractivity contribution in [3.63, 3.8) is 0 Å². The zero-order chi connectivity index (χ0) is 21.5. The highest BCUT2D eigenvalue weighted by Crippen LogP contribution is 2.22. The second-order valence-electron chi connectivity index (χ2n) is 6.77. The molecule has 0 bridgehead atoms. The van der Waals surface area contributed by atoms with Crippen molar-refractivity contribution in [2.75, 3.05) is 5.75 Å². The zero-order valence-electron chi connectivity index (χ0n) is 16.9. The number of ether oxygens (including phenoxy) is 1. The van der Waals surface area contributed by atoms with Gasteiger partial charge in [-0.05, 0) is 54.4 Å². The molecule has 156 valence electrons. The SMILES string of the molecule is C/C(=N/NC(=O)CSc1nc2ccccc2o1)c1ccc(OCc2ccccc2)cc1. The molecule has 4 aromatic rings. The molecular formula is C24H21N3O3S. The van der Waals surface area contributed by atoms with Crippen LogP contribution in [0.1, 0.15) is 18.1 Å². The molecule has 3 aromatic carbocycles. The number of oxazole rings is 1. The van der Waals surface area contributed by atoms with Gasteiger partial charge in [0.05, 0.1) is 11.5 Å². The van der Waals surface area contributed by atoms with Crippen LogP contribution in [0.15, 0.2) is 93.6 Å². The Morgan fingerprint density at radius 3 is 2.55 bits per heavy atom. The van der Waals surface area contributed by atoms with E-state index in [1.165, 1.54) is 11.8 Å². The summed E-state index contributed by atoms with van der Waals surface area (Å²) in [6, 6.07) is 25.1. The molecule has 1 N–H and O–H groups in total. The van der Waals surface area contributed by atoms with E-state index in [1.807, 2.05) is 85.8 Å². The van der Waals surface area contributed by atoms with E-state index in [1.54, 1.807) is 0 Å². The summed E-state index contributed by atoms with van der Waals surface area (Å²) in [5.41, 5.74) is 6.77. The standard InChI is InChI=1S/C24H21N3O3S/c1-17(19-11-13-20(14-12-19)29-15-18-7-3-2-4-8-18)26-27-23(28)16-31-24-25-21-9-5-6-10-22(21)30-24/h2-14H,15-16H2,1H3,(H,27,28)/b26-17-. The number of nitrogens with zero attached hydrogens (tertiary/aromatic N) is 2. The number of para-hydroxylation sites is 2. The van der Waals surface area contributed by atoms with Crippen molar-refractivity contribution >= 4 is 34.5 Å². The highest BCUT2D eigenvalue weighted by molar-refractivity contribution is 7.99. The summed E-state index contributed by atoms with van der Waals surface area (Å²) >= 11 is 1.23. The molecule has 0 aliphatic heterocycles. The number of carbonyl (C=O) groups excluding carboxylic acids is 1. The molecule has 1 aromatic heterocycles. The predicted molar refractivity (Wildman–Crippen MR) is 122 cm³/mol. The molecule has 0 fully saturated rings. The second kappa shape index (κ2) is 9.95. The van der Waals surface area contributed by atoms with Crippen molar-refractivity contribution in [1.82, 2.24) is 10.4 Å². The number of carbonyl (C=O) groups is 1. The maximum Gasteiger partial charge on any atom is 0.257 e. The van der Waals surface area contributed by atoms with Crippen molar-refractivity contribution in [2.45, 2.75) is 18.8 Å². The summed E-state index contributed by atoms with van der Waals surface area (Å²) in [6.45, 7) is 2.36. The van der Waals surface area contributed by atoms with Gasteiger partial charge in [0.25, 0.3) is 11.1 Å². The Bertz CT molecular complexity index is 1150. The summed E-state index contributed by atoms with van der Waals surface area (Å²) < 4.78 is 11.4. The predicted octanol–water partition coefficient (Wildman–Crippen LogP) is 5.04. The maximum absolute atomic E-state index is 12.1. The molecule has 0 saturated carbocycles. The Hall–Kier alpha value is -3.58. The second-order valence-corrected chi connectivity index (χ2v) is 7.69. The largest absolute Gasteiger partial charge is 0.489 e. The van der Waals surface area contributed by atoms with E-state index < -0.39 is 0 Å². The maximum atomic E-state index is 12.1. The van der Waals surface area contributed by atoms with E-state index in [9.17, 15) is 4.79 Å². The van der Waals surface area contributed by atoms with Crippen molar-refractivity contribution in [1.29, 1.82) is 0 Å². The molecule has 0 unspecified atom stereocenters. The average molecular weight is 432 g/mol. The Labute approximate surface area is 184 Å². The van der Waals surface area contributed by atoms with Crippen molar-refractivity contribution in [3.05, 3.63) is 90.0 Å². The Kier molecular flexibility index (Phi) is 6.64. The van der Waals surface area contributed by atoms with Crippen LogP contribution in [-0.4, -0.2) is 22.4 Å². The molecule has 7 heteroatoms. The Morgan fingerprint density at radius 1 is 1.03 bits per heavy atom. The monoisotopic (exact) mass is 431 g/mol. The third kappa shape index (κ3) is 5.73. The van der Waals surface area contributed by atoms with Crippen LogP contribution in [-0.2, 0) is 11.4 Å². The number of fused-ring (bicyclic) bond motifs is 1. The highest BCUT2D eigenvalue weighted by atomic mass is 32.2. The Morgan fingerprint density at radius 2 is 1.77 bits per heavy atom. The lowest BCUT2D eigenvalue weighted by Crippen LogP contribution is -2.21. The van der Waals surface area contributed by atoms with Crippen molar-refractivity contribution < 1.29 is 13.9 Å². The molecule has 6 nitrogen and oxygen atoms in total. The van der Waals surface area contributed by atoms with Gasteiger partial charge >= 0.3 is 0 Å². The van der Waals surface area contributed by atoms with Gasteiger partial charge in [0, 0.05) is 0 Å². The first-order valence-corrected chi connectivity index (χ1v) is 10.7. The van der Waals surface area contributed by atoms with Crippen LogP contribution in [0, 0.1) is 0 Å². The van der Waals surface area contributed by atoms with Crippen molar-refractivity contribution in [3.8, 4) is 5.75 Å². The van der Waals surface area contributed by atoms with Crippen LogP contribution in [0.2, 0.25) is 0 Å². The summed E-state index contributed by atoms with van der Waals surface area (Å²) in [7, 11) is 0. The minimum Gasteiger partial charge on any atom is -0.489 e. The zero-order valence-corrected chi connectivity index (χ0v) is 17.8.